The lowest BCUT2D eigenvalue weighted by atomic mass is 10.1. The summed E-state index contributed by atoms with van der Waals surface area (Å²) in [5.74, 6) is -0.397. The van der Waals surface area contributed by atoms with E-state index < -0.39 is 19.9 Å². The quantitative estimate of drug-likeness (QED) is 0.0214. The van der Waals surface area contributed by atoms with Gasteiger partial charge in [0.15, 0.2) is 0 Å². The molecule has 0 heterocycles. The van der Waals surface area contributed by atoms with Crippen molar-refractivity contribution < 1.29 is 37.3 Å². The van der Waals surface area contributed by atoms with Gasteiger partial charge in [-0.2, -0.15) is 0 Å². The zero-order chi connectivity index (χ0) is 46.2. The number of quaternary nitrogens is 1. The molecule has 2 atom stereocenters. The minimum Gasteiger partial charge on any atom is -0.457 e. The van der Waals surface area contributed by atoms with Gasteiger partial charge in [0.1, 0.15) is 19.3 Å². The second kappa shape index (κ2) is 46.2. The number of nitrogens with zero attached hydrogens (tertiary/aromatic N) is 1. The summed E-state index contributed by atoms with van der Waals surface area (Å²) in [6, 6.07) is 0. The van der Waals surface area contributed by atoms with E-state index in [1.807, 2.05) is 33.3 Å². The summed E-state index contributed by atoms with van der Waals surface area (Å²) in [5.41, 5.74) is 0. The first-order valence-corrected chi connectivity index (χ1v) is 26.8. The zero-order valence-corrected chi connectivity index (χ0v) is 42.2. The van der Waals surface area contributed by atoms with E-state index in [0.717, 1.165) is 51.4 Å². The van der Waals surface area contributed by atoms with Crippen LogP contribution < -0.4 is 0 Å². The normalized spacial score (nSPS) is 14.3. The Kier molecular flexibility index (Phi) is 44.5. The average molecular weight is 903 g/mol. The van der Waals surface area contributed by atoms with Crippen LogP contribution in [0.5, 0.6) is 0 Å². The molecular weight excluding hydrogens is 806 g/mol. The lowest BCUT2D eigenvalue weighted by molar-refractivity contribution is -0.870. The summed E-state index contributed by atoms with van der Waals surface area (Å²) in [6.07, 6.45) is 62.2. The smallest absolute Gasteiger partial charge is 0.457 e. The lowest BCUT2D eigenvalue weighted by Crippen LogP contribution is -2.37. The van der Waals surface area contributed by atoms with Gasteiger partial charge in [-0.1, -0.05) is 195 Å². The molecule has 0 fully saturated rings. The predicted molar refractivity (Wildman–Crippen MR) is 270 cm³/mol. The summed E-state index contributed by atoms with van der Waals surface area (Å²) in [6.45, 7) is 5.40. The van der Waals surface area contributed by atoms with Crippen molar-refractivity contribution in [3.05, 3.63) is 85.1 Å². The first kappa shape index (κ1) is 60.7. The lowest BCUT2D eigenvalue weighted by Gasteiger charge is -2.24. The Bertz CT molecular complexity index is 1280. The van der Waals surface area contributed by atoms with Crippen molar-refractivity contribution in [1.82, 2.24) is 0 Å². The molecule has 2 unspecified atom stereocenters. The van der Waals surface area contributed by atoms with Gasteiger partial charge in [-0.25, -0.2) is 4.57 Å². The molecule has 1 N–H and O–H groups in total. The highest BCUT2D eigenvalue weighted by molar-refractivity contribution is 7.47. The number of carbonyl (C=O) groups is 1. The molecule has 0 aliphatic carbocycles. The van der Waals surface area contributed by atoms with Crippen molar-refractivity contribution in [3.63, 3.8) is 0 Å². The number of unbranched alkanes of at least 4 members (excludes halogenated alkanes) is 18. The van der Waals surface area contributed by atoms with Crippen molar-refractivity contribution in [3.8, 4) is 0 Å². The topological polar surface area (TPSA) is 91.3 Å². The van der Waals surface area contributed by atoms with Crippen molar-refractivity contribution in [2.45, 2.75) is 200 Å². The van der Waals surface area contributed by atoms with Crippen LogP contribution in [0.3, 0.4) is 0 Å². The second-order valence-electron chi connectivity index (χ2n) is 17.8. The van der Waals surface area contributed by atoms with E-state index in [1.54, 1.807) is 0 Å². The Morgan fingerprint density at radius 2 is 0.921 bits per heavy atom. The van der Waals surface area contributed by atoms with E-state index >= 15 is 0 Å². The Labute approximate surface area is 388 Å². The molecule has 9 heteroatoms. The van der Waals surface area contributed by atoms with Crippen LogP contribution >= 0.6 is 7.82 Å². The monoisotopic (exact) mass is 903 g/mol. The molecule has 0 amide bonds. The van der Waals surface area contributed by atoms with Gasteiger partial charge >= 0.3 is 13.8 Å². The molecule has 0 aromatic heterocycles. The molecule has 0 saturated carbocycles. The molecule has 0 radical (unpaired) electrons. The molecule has 8 nitrogen and oxygen atoms in total. The maximum Gasteiger partial charge on any atom is 0.472 e. The van der Waals surface area contributed by atoms with Crippen molar-refractivity contribution in [2.24, 2.45) is 0 Å². The van der Waals surface area contributed by atoms with Gasteiger partial charge in [0.2, 0.25) is 0 Å². The Hall–Kier alpha value is -2.32. The third-order valence-corrected chi connectivity index (χ3v) is 11.4. The van der Waals surface area contributed by atoms with Crippen LogP contribution in [0.2, 0.25) is 0 Å². The van der Waals surface area contributed by atoms with Crippen molar-refractivity contribution in [1.29, 1.82) is 0 Å². The molecule has 0 aromatic rings. The van der Waals surface area contributed by atoms with E-state index in [-0.39, 0.29) is 26.2 Å². The Morgan fingerprint density at radius 3 is 1.38 bits per heavy atom. The SMILES string of the molecule is CC/C=C\C/C=C\C/C=C\C/C=C\C/C=C\C/C=C\CCC(=O)OC(COCCCCCCCCCCCC/C=C\CCCCCCCCCC)COP(=O)(O)OCC[N+](C)(C)C. The summed E-state index contributed by atoms with van der Waals surface area (Å²) in [4.78, 5) is 22.9. The second-order valence-corrected chi connectivity index (χ2v) is 19.3. The van der Waals surface area contributed by atoms with Gasteiger partial charge in [-0.15, -0.1) is 0 Å². The first-order valence-electron chi connectivity index (χ1n) is 25.3. The number of phosphoric acid groups is 1. The number of carbonyl (C=O) groups excluding carboxylic acids is 1. The highest BCUT2D eigenvalue weighted by Crippen LogP contribution is 2.43. The summed E-state index contributed by atoms with van der Waals surface area (Å²) < 4.78 is 35.0. The molecule has 0 aliphatic heterocycles. The van der Waals surface area contributed by atoms with E-state index in [9.17, 15) is 14.3 Å². The third kappa shape index (κ3) is 50.5. The van der Waals surface area contributed by atoms with E-state index in [2.05, 4.69) is 86.8 Å². The summed E-state index contributed by atoms with van der Waals surface area (Å²) in [5, 5.41) is 0. The number of hydrogen-bond donors (Lipinski definition) is 1. The summed E-state index contributed by atoms with van der Waals surface area (Å²) >= 11 is 0. The zero-order valence-electron chi connectivity index (χ0n) is 41.3. The van der Waals surface area contributed by atoms with Gasteiger partial charge in [0, 0.05) is 13.0 Å². The number of rotatable bonds is 46. The molecule has 0 aromatic carbocycles. The van der Waals surface area contributed by atoms with Crippen LogP contribution in [0.1, 0.15) is 194 Å². The highest BCUT2D eigenvalue weighted by Gasteiger charge is 2.26. The predicted octanol–water partition coefficient (Wildman–Crippen LogP) is 15.6. The van der Waals surface area contributed by atoms with Crippen molar-refractivity contribution in [2.75, 3.05) is 54.1 Å². The fraction of sp³-hybridized carbons (Fsp3) is 0.722. The standard InChI is InChI=1S/C54H96NO7P/c1-6-8-10-12-14-16-18-20-22-24-26-27-28-30-32-34-36-38-40-42-44-46-49-59-51-53(52-61-63(57,58)60-50-48-55(3,4)5)62-54(56)47-45-43-41-39-37-35-33-31-29-25-23-21-19-17-15-13-11-9-7-2/h9,11,15,17,21,23-24,26,29,31,35,37,41,43,53H,6-8,10,12-14,16,18-20,22,25,27-28,30,32-34,36,38-40,42,44-52H2,1-5H3/p+1/b11-9-,17-15-,23-21-,26-24-,31-29-,37-35-,43-41-. The van der Waals surface area contributed by atoms with Crippen LogP contribution in [0.4, 0.5) is 0 Å². The highest BCUT2D eigenvalue weighted by atomic mass is 31.2. The minimum atomic E-state index is -4.31. The largest absolute Gasteiger partial charge is 0.472 e. The van der Waals surface area contributed by atoms with Gasteiger partial charge < -0.3 is 18.9 Å². The number of ether oxygens (including phenoxy) is 2. The number of allylic oxidation sites excluding steroid dienone is 14. The molecule has 63 heavy (non-hydrogen) atoms. The van der Waals surface area contributed by atoms with E-state index in [0.29, 0.717) is 24.1 Å². The van der Waals surface area contributed by atoms with Crippen LogP contribution in [0.15, 0.2) is 85.1 Å². The maximum absolute atomic E-state index is 12.7. The molecule has 0 spiro atoms. The van der Waals surface area contributed by atoms with E-state index in [1.165, 1.54) is 116 Å². The Balaban J connectivity index is 4.26. The van der Waals surface area contributed by atoms with Gasteiger partial charge in [-0.05, 0) is 77.0 Å². The molecule has 0 rings (SSSR count). The fourth-order valence-electron chi connectivity index (χ4n) is 6.57. The first-order chi connectivity index (χ1) is 30.6. The molecule has 0 bridgehead atoms. The Morgan fingerprint density at radius 1 is 0.508 bits per heavy atom. The molecule has 364 valence electrons. The van der Waals surface area contributed by atoms with Crippen molar-refractivity contribution >= 4 is 13.8 Å². The van der Waals surface area contributed by atoms with Crippen LogP contribution in [-0.4, -0.2) is 75.6 Å². The number of phosphoric ester groups is 1. The third-order valence-electron chi connectivity index (χ3n) is 10.5. The molecule has 0 aliphatic rings. The number of likely N-dealkylation sites (N-methyl/N-ethyl adjacent to an activating group) is 1. The number of hydrogen-bond acceptors (Lipinski definition) is 6. The van der Waals surface area contributed by atoms with Crippen LogP contribution in [0.25, 0.3) is 0 Å². The van der Waals surface area contributed by atoms with Crippen LogP contribution in [0, 0.1) is 0 Å². The van der Waals surface area contributed by atoms with Crippen LogP contribution in [-0.2, 0) is 27.9 Å². The molecular formula is C54H97NO7P+. The van der Waals surface area contributed by atoms with Gasteiger partial charge in [0.25, 0.3) is 0 Å². The van der Waals surface area contributed by atoms with E-state index in [4.69, 9.17) is 18.5 Å². The fourth-order valence-corrected chi connectivity index (χ4v) is 7.32. The molecule has 0 saturated heterocycles. The van der Waals surface area contributed by atoms with Gasteiger partial charge in [0.05, 0.1) is 34.4 Å². The summed E-state index contributed by atoms with van der Waals surface area (Å²) in [7, 11) is 1.61. The maximum atomic E-state index is 12.7. The minimum absolute atomic E-state index is 0.0709. The van der Waals surface area contributed by atoms with Gasteiger partial charge in [-0.3, -0.25) is 13.8 Å². The number of esters is 1. The average Bonchev–Trinajstić information content (AvgIpc) is 3.24.